The highest BCUT2D eigenvalue weighted by atomic mass is 16.4. The van der Waals surface area contributed by atoms with Crippen molar-refractivity contribution in [3.63, 3.8) is 0 Å². The number of hydrogen-bond donors (Lipinski definition) is 2. The van der Waals surface area contributed by atoms with Crippen molar-refractivity contribution < 1.29 is 19.5 Å². The van der Waals surface area contributed by atoms with Crippen LogP contribution in [-0.4, -0.2) is 36.0 Å². The monoisotopic (exact) mass is 338 g/mol. The molecule has 6 heteroatoms. The van der Waals surface area contributed by atoms with Gasteiger partial charge >= 0.3 is 5.97 Å². The van der Waals surface area contributed by atoms with Crippen LogP contribution in [0, 0.1) is 5.92 Å². The summed E-state index contributed by atoms with van der Waals surface area (Å²) in [6, 6.07) is 15.2. The van der Waals surface area contributed by atoms with Crippen LogP contribution in [0.3, 0.4) is 0 Å². The van der Waals surface area contributed by atoms with E-state index in [0.717, 1.165) is 5.69 Å². The molecule has 1 atom stereocenters. The van der Waals surface area contributed by atoms with Crippen LogP contribution in [0.2, 0.25) is 0 Å². The first-order chi connectivity index (χ1) is 12.0. The molecule has 1 unspecified atom stereocenters. The maximum absolute atomic E-state index is 12.2. The van der Waals surface area contributed by atoms with E-state index < -0.39 is 5.97 Å². The Morgan fingerprint density at radius 1 is 1.04 bits per heavy atom. The summed E-state index contributed by atoms with van der Waals surface area (Å²) in [6.07, 6.45) is 0.396. The first-order valence-electron chi connectivity index (χ1n) is 8.01. The summed E-state index contributed by atoms with van der Waals surface area (Å²) in [4.78, 5) is 36.9. The van der Waals surface area contributed by atoms with Crippen LogP contribution >= 0.6 is 0 Å². The Morgan fingerprint density at radius 3 is 2.32 bits per heavy atom. The molecule has 1 aliphatic rings. The minimum atomic E-state index is -1.03. The zero-order chi connectivity index (χ0) is 17.8. The predicted octanol–water partition coefficient (Wildman–Crippen LogP) is 2.17. The van der Waals surface area contributed by atoms with Gasteiger partial charge in [-0.25, -0.2) is 4.79 Å². The molecule has 0 radical (unpaired) electrons. The van der Waals surface area contributed by atoms with Gasteiger partial charge in [0.2, 0.25) is 5.91 Å². The van der Waals surface area contributed by atoms with Gasteiger partial charge in [-0.2, -0.15) is 0 Å². The molecule has 2 aromatic rings. The number of benzene rings is 2. The lowest BCUT2D eigenvalue weighted by atomic mass is 10.1. The fraction of sp³-hybridized carbons (Fsp3) is 0.211. The number of carbonyl (C=O) groups is 3. The first-order valence-corrected chi connectivity index (χ1v) is 8.01. The molecule has 2 aromatic carbocycles. The van der Waals surface area contributed by atoms with Gasteiger partial charge in [-0.3, -0.25) is 9.59 Å². The summed E-state index contributed by atoms with van der Waals surface area (Å²) < 4.78 is 0. The minimum absolute atomic E-state index is 0.0509. The smallest absolute Gasteiger partial charge is 0.335 e. The molecule has 6 nitrogen and oxygen atoms in total. The molecule has 25 heavy (non-hydrogen) atoms. The van der Waals surface area contributed by atoms with Crippen molar-refractivity contribution in [2.45, 2.75) is 6.42 Å². The Balaban J connectivity index is 1.56. The maximum atomic E-state index is 12.2. The second-order valence-electron chi connectivity index (χ2n) is 6.00. The Bertz CT molecular complexity index is 787. The molecule has 0 spiro atoms. The summed E-state index contributed by atoms with van der Waals surface area (Å²) >= 11 is 0. The molecular formula is C19H18N2O4. The highest BCUT2D eigenvalue weighted by Crippen LogP contribution is 2.24. The Labute approximate surface area is 145 Å². The minimum Gasteiger partial charge on any atom is -0.478 e. The summed E-state index contributed by atoms with van der Waals surface area (Å²) in [7, 11) is 0. The van der Waals surface area contributed by atoms with Gasteiger partial charge in [-0.1, -0.05) is 18.2 Å². The number of rotatable bonds is 5. The third-order valence-corrected chi connectivity index (χ3v) is 4.22. The third kappa shape index (κ3) is 3.85. The van der Waals surface area contributed by atoms with E-state index in [2.05, 4.69) is 5.32 Å². The number of aromatic carboxylic acids is 1. The summed E-state index contributed by atoms with van der Waals surface area (Å²) in [6.45, 7) is 0.968. The fourth-order valence-corrected chi connectivity index (χ4v) is 2.88. The van der Waals surface area contributed by atoms with Crippen molar-refractivity contribution in [2.75, 3.05) is 18.0 Å². The summed E-state index contributed by atoms with van der Waals surface area (Å²) in [5, 5.41) is 11.7. The number of nitrogens with zero attached hydrogens (tertiary/aromatic N) is 1. The Hall–Kier alpha value is -3.15. The zero-order valence-electron chi connectivity index (χ0n) is 13.5. The molecule has 1 fully saturated rings. The van der Waals surface area contributed by atoms with Gasteiger partial charge in [0.15, 0.2) is 0 Å². The van der Waals surface area contributed by atoms with Crippen LogP contribution < -0.4 is 10.2 Å². The fourth-order valence-electron chi connectivity index (χ4n) is 2.88. The van der Waals surface area contributed by atoms with Gasteiger partial charge in [0.05, 0.1) is 5.56 Å². The molecule has 3 rings (SSSR count). The second kappa shape index (κ2) is 7.17. The number of carboxylic acid groups (broad SMARTS) is 1. The lowest BCUT2D eigenvalue weighted by Gasteiger charge is -2.16. The molecule has 1 aliphatic heterocycles. The molecule has 0 bridgehead atoms. The quantitative estimate of drug-likeness (QED) is 0.875. The van der Waals surface area contributed by atoms with E-state index in [9.17, 15) is 14.4 Å². The van der Waals surface area contributed by atoms with Crippen molar-refractivity contribution in [2.24, 2.45) is 5.92 Å². The van der Waals surface area contributed by atoms with E-state index in [-0.39, 0.29) is 23.3 Å². The van der Waals surface area contributed by atoms with Gasteiger partial charge < -0.3 is 15.3 Å². The molecule has 128 valence electrons. The van der Waals surface area contributed by atoms with Crippen LogP contribution in [-0.2, 0) is 4.79 Å². The number of carbonyl (C=O) groups excluding carboxylic acids is 2. The average Bonchev–Trinajstić information content (AvgIpc) is 3.01. The van der Waals surface area contributed by atoms with Crippen molar-refractivity contribution in [3.8, 4) is 0 Å². The molecule has 0 aromatic heterocycles. The summed E-state index contributed by atoms with van der Waals surface area (Å²) in [5.74, 6) is -1.20. The highest BCUT2D eigenvalue weighted by Gasteiger charge is 2.30. The molecule has 1 heterocycles. The molecule has 0 saturated carbocycles. The second-order valence-corrected chi connectivity index (χ2v) is 6.00. The number of anilines is 1. The van der Waals surface area contributed by atoms with E-state index in [1.807, 2.05) is 30.3 Å². The van der Waals surface area contributed by atoms with Crippen LogP contribution in [0.15, 0.2) is 54.6 Å². The molecule has 2 N–H and O–H groups in total. The van der Waals surface area contributed by atoms with E-state index >= 15 is 0 Å². The standard InChI is InChI=1S/C19H18N2O4/c22-17-10-13(12-21(17)16-4-2-1-3-5-16)11-20-18(23)14-6-8-15(9-7-14)19(24)25/h1-9,13H,10-12H2,(H,20,23)(H,24,25). The third-order valence-electron chi connectivity index (χ3n) is 4.22. The van der Waals surface area contributed by atoms with Gasteiger partial charge in [0.1, 0.15) is 0 Å². The number of nitrogens with one attached hydrogen (secondary N) is 1. The van der Waals surface area contributed by atoms with Crippen molar-refractivity contribution in [1.82, 2.24) is 5.32 Å². The topological polar surface area (TPSA) is 86.7 Å². The van der Waals surface area contributed by atoms with Crippen LogP contribution in [0.5, 0.6) is 0 Å². The molecular weight excluding hydrogens is 320 g/mol. The predicted molar refractivity (Wildman–Crippen MR) is 92.6 cm³/mol. The van der Waals surface area contributed by atoms with Crippen LogP contribution in [0.25, 0.3) is 0 Å². The van der Waals surface area contributed by atoms with Crippen LogP contribution in [0.4, 0.5) is 5.69 Å². The first kappa shape index (κ1) is 16.7. The van der Waals surface area contributed by atoms with Gasteiger partial charge in [-0.05, 0) is 36.4 Å². The van der Waals surface area contributed by atoms with E-state index in [1.165, 1.54) is 24.3 Å². The summed E-state index contributed by atoms with van der Waals surface area (Å²) in [5.41, 5.74) is 1.40. The molecule has 2 amide bonds. The van der Waals surface area contributed by atoms with Gasteiger partial charge in [0, 0.05) is 36.7 Å². The number of carboxylic acids is 1. The zero-order valence-corrected chi connectivity index (χ0v) is 13.5. The van der Waals surface area contributed by atoms with E-state index in [4.69, 9.17) is 5.11 Å². The van der Waals surface area contributed by atoms with Crippen LogP contribution in [0.1, 0.15) is 27.1 Å². The largest absolute Gasteiger partial charge is 0.478 e. The number of amides is 2. The average molecular weight is 338 g/mol. The molecule has 0 aliphatic carbocycles. The normalized spacial score (nSPS) is 16.7. The van der Waals surface area contributed by atoms with Crippen molar-refractivity contribution in [1.29, 1.82) is 0 Å². The highest BCUT2D eigenvalue weighted by molar-refractivity contribution is 5.97. The Morgan fingerprint density at radius 2 is 1.68 bits per heavy atom. The number of para-hydroxylation sites is 1. The maximum Gasteiger partial charge on any atom is 0.335 e. The van der Waals surface area contributed by atoms with E-state index in [1.54, 1.807) is 4.90 Å². The Kier molecular flexibility index (Phi) is 4.79. The lowest BCUT2D eigenvalue weighted by molar-refractivity contribution is -0.117. The van der Waals surface area contributed by atoms with Crippen molar-refractivity contribution in [3.05, 3.63) is 65.7 Å². The lowest BCUT2D eigenvalue weighted by Crippen LogP contribution is -2.31. The van der Waals surface area contributed by atoms with E-state index in [0.29, 0.717) is 25.1 Å². The van der Waals surface area contributed by atoms with Gasteiger partial charge in [-0.15, -0.1) is 0 Å². The van der Waals surface area contributed by atoms with Gasteiger partial charge in [0.25, 0.3) is 5.91 Å². The number of hydrogen-bond acceptors (Lipinski definition) is 3. The SMILES string of the molecule is O=C(O)c1ccc(C(=O)NCC2CC(=O)N(c3ccccc3)C2)cc1. The van der Waals surface area contributed by atoms with Crippen molar-refractivity contribution >= 4 is 23.5 Å². The molecule has 1 saturated heterocycles.